The van der Waals surface area contributed by atoms with Crippen molar-refractivity contribution >= 4 is 5.69 Å². The van der Waals surface area contributed by atoms with Crippen molar-refractivity contribution in [3.05, 3.63) is 53.6 Å². The molecule has 0 fully saturated rings. The third-order valence-corrected chi connectivity index (χ3v) is 4.13. The second kappa shape index (κ2) is 10.4. The maximum absolute atomic E-state index is 13.8. The average molecular weight is 415 g/mol. The van der Waals surface area contributed by atoms with E-state index in [0.29, 0.717) is 6.07 Å². The van der Waals surface area contributed by atoms with Crippen LogP contribution in [-0.4, -0.2) is 50.7 Å². The Kier molecular flexibility index (Phi) is 8.27. The molecule has 0 aromatic heterocycles. The molecule has 0 radical (unpaired) electrons. The van der Waals surface area contributed by atoms with Gasteiger partial charge in [0.1, 0.15) is 11.3 Å². The molecular weight excluding hydrogens is 391 g/mol. The van der Waals surface area contributed by atoms with Gasteiger partial charge in [0.2, 0.25) is 0 Å². The molecule has 2 aromatic carbocycles. The molecular formula is C20H24F3NO5. The molecule has 0 aliphatic heterocycles. The fraction of sp³-hybridized carbons (Fsp3) is 0.400. The summed E-state index contributed by atoms with van der Waals surface area (Å²) in [5.41, 5.74) is -1.35. The van der Waals surface area contributed by atoms with E-state index in [-0.39, 0.29) is 43.3 Å². The van der Waals surface area contributed by atoms with E-state index in [1.165, 1.54) is 32.4 Å². The van der Waals surface area contributed by atoms with Gasteiger partial charge in [0.25, 0.3) is 0 Å². The number of alkyl halides is 3. The van der Waals surface area contributed by atoms with Crippen LogP contribution in [-0.2, 0) is 15.7 Å². The lowest BCUT2D eigenvalue weighted by Crippen LogP contribution is -2.31. The van der Waals surface area contributed by atoms with Gasteiger partial charge in [-0.2, -0.15) is 13.2 Å². The van der Waals surface area contributed by atoms with Crippen molar-refractivity contribution in [1.82, 2.24) is 0 Å². The number of hydrogen-bond acceptors (Lipinski definition) is 6. The Morgan fingerprint density at radius 2 is 1.55 bits per heavy atom. The Morgan fingerprint density at radius 3 is 2.03 bits per heavy atom. The molecule has 0 aliphatic carbocycles. The zero-order valence-electron chi connectivity index (χ0n) is 16.1. The summed E-state index contributed by atoms with van der Waals surface area (Å²) in [6.07, 6.45) is -6.86. The quantitative estimate of drug-likeness (QED) is 0.578. The molecule has 29 heavy (non-hydrogen) atoms. The van der Waals surface area contributed by atoms with Crippen LogP contribution in [0.3, 0.4) is 0 Å². The minimum absolute atomic E-state index is 0.0564. The Labute approximate surface area is 167 Å². The van der Waals surface area contributed by atoms with Gasteiger partial charge in [-0.3, -0.25) is 0 Å². The van der Waals surface area contributed by atoms with Gasteiger partial charge in [0.05, 0.1) is 18.9 Å². The normalized spacial score (nSPS) is 11.7. The zero-order chi connectivity index (χ0) is 21.4. The first-order valence-corrected chi connectivity index (χ1v) is 8.85. The lowest BCUT2D eigenvalue weighted by molar-refractivity contribution is -0.138. The lowest BCUT2D eigenvalue weighted by atomic mass is 10.1. The van der Waals surface area contributed by atoms with Gasteiger partial charge in [-0.1, -0.05) is 18.2 Å². The molecule has 0 atom stereocenters. The number of nitrogens with zero attached hydrogens (tertiary/aromatic N) is 1. The Balaban J connectivity index is 2.66. The molecule has 0 bridgehead atoms. The number of anilines is 1. The number of aliphatic hydroxyl groups excluding tert-OH is 1. The van der Waals surface area contributed by atoms with Crippen LogP contribution in [0.15, 0.2) is 42.5 Å². The minimum atomic E-state index is -4.78. The summed E-state index contributed by atoms with van der Waals surface area (Å²) < 4.78 is 57.3. The van der Waals surface area contributed by atoms with E-state index in [1.54, 1.807) is 23.1 Å². The smallest absolute Gasteiger partial charge is 0.420 e. The van der Waals surface area contributed by atoms with E-state index in [0.717, 1.165) is 0 Å². The molecule has 9 heteroatoms. The van der Waals surface area contributed by atoms with Crippen LogP contribution >= 0.6 is 0 Å². The van der Waals surface area contributed by atoms with E-state index in [9.17, 15) is 23.4 Å². The number of halogens is 3. The molecule has 0 saturated carbocycles. The fourth-order valence-electron chi connectivity index (χ4n) is 2.70. The number of para-hydroxylation sites is 1. The molecule has 2 N–H and O–H groups in total. The molecule has 6 nitrogen and oxygen atoms in total. The van der Waals surface area contributed by atoms with Crippen LogP contribution in [0.5, 0.6) is 11.5 Å². The Bertz CT molecular complexity index is 761. The highest BCUT2D eigenvalue weighted by Gasteiger charge is 2.38. The molecule has 0 aliphatic rings. The molecule has 0 saturated heterocycles. The SMILES string of the molecule is COCCN(CCOC)c1cc(C(O)O)cc(C(F)(F)F)c1Oc1ccccc1. The lowest BCUT2D eigenvalue weighted by Gasteiger charge is -2.29. The number of rotatable bonds is 10. The number of benzene rings is 2. The molecule has 2 rings (SSSR count). The summed E-state index contributed by atoms with van der Waals surface area (Å²) in [4.78, 5) is 1.59. The van der Waals surface area contributed by atoms with Crippen molar-refractivity contribution in [2.75, 3.05) is 45.4 Å². The largest absolute Gasteiger partial charge is 0.455 e. The van der Waals surface area contributed by atoms with Gasteiger partial charge in [0.15, 0.2) is 12.0 Å². The van der Waals surface area contributed by atoms with E-state index in [4.69, 9.17) is 14.2 Å². The maximum atomic E-state index is 13.8. The van der Waals surface area contributed by atoms with Crippen molar-refractivity contribution in [2.45, 2.75) is 12.5 Å². The van der Waals surface area contributed by atoms with E-state index >= 15 is 0 Å². The Morgan fingerprint density at radius 1 is 0.966 bits per heavy atom. The predicted octanol–water partition coefficient (Wildman–Crippen LogP) is 3.58. The highest BCUT2D eigenvalue weighted by atomic mass is 19.4. The molecule has 0 spiro atoms. The molecule has 160 valence electrons. The summed E-state index contributed by atoms with van der Waals surface area (Å²) in [5.74, 6) is -0.213. The van der Waals surface area contributed by atoms with Gasteiger partial charge in [0, 0.05) is 32.9 Å². The predicted molar refractivity (Wildman–Crippen MR) is 101 cm³/mol. The van der Waals surface area contributed by atoms with Crippen LogP contribution in [0.1, 0.15) is 17.4 Å². The van der Waals surface area contributed by atoms with Crippen LogP contribution in [0.25, 0.3) is 0 Å². The van der Waals surface area contributed by atoms with E-state index in [1.807, 2.05) is 0 Å². The molecule has 0 heterocycles. The van der Waals surface area contributed by atoms with Crippen molar-refractivity contribution in [1.29, 1.82) is 0 Å². The first kappa shape index (κ1) is 23.0. The second-order valence-corrected chi connectivity index (χ2v) is 6.18. The third-order valence-electron chi connectivity index (χ3n) is 4.13. The Hall–Kier alpha value is -2.33. The molecule has 0 unspecified atom stereocenters. The number of hydrogen-bond donors (Lipinski definition) is 2. The standard InChI is InChI=1S/C20H24F3NO5/c1-27-10-8-24(9-11-28-2)17-13-14(19(25)26)12-16(20(21,22)23)18(17)29-15-6-4-3-5-7-15/h3-7,12-13,19,25-26H,8-11H2,1-2H3. The first-order valence-electron chi connectivity index (χ1n) is 8.85. The summed E-state index contributed by atoms with van der Waals surface area (Å²) >= 11 is 0. The van der Waals surface area contributed by atoms with Gasteiger partial charge in [-0.25, -0.2) is 0 Å². The van der Waals surface area contributed by atoms with Gasteiger partial charge < -0.3 is 29.3 Å². The van der Waals surface area contributed by atoms with Crippen molar-refractivity contribution < 1.29 is 37.6 Å². The zero-order valence-corrected chi connectivity index (χ0v) is 16.1. The number of methoxy groups -OCH3 is 2. The third kappa shape index (κ3) is 6.33. The van der Waals surface area contributed by atoms with Crippen molar-refractivity contribution in [3.8, 4) is 11.5 Å². The van der Waals surface area contributed by atoms with Crippen LogP contribution in [0, 0.1) is 0 Å². The highest BCUT2D eigenvalue weighted by Crippen LogP contribution is 2.45. The van der Waals surface area contributed by atoms with Gasteiger partial charge in [-0.15, -0.1) is 0 Å². The summed E-state index contributed by atoms with van der Waals surface area (Å²) in [6.45, 7) is 0.962. The minimum Gasteiger partial charge on any atom is -0.455 e. The first-order chi connectivity index (χ1) is 13.8. The number of aliphatic hydroxyl groups is 2. The summed E-state index contributed by atoms with van der Waals surface area (Å²) in [5, 5.41) is 19.1. The topological polar surface area (TPSA) is 71.4 Å². The summed E-state index contributed by atoms with van der Waals surface area (Å²) in [6, 6.07) is 10.0. The fourth-order valence-corrected chi connectivity index (χ4v) is 2.70. The maximum Gasteiger partial charge on any atom is 0.420 e. The van der Waals surface area contributed by atoms with E-state index < -0.39 is 23.8 Å². The average Bonchev–Trinajstić information content (AvgIpc) is 2.68. The van der Waals surface area contributed by atoms with Gasteiger partial charge in [-0.05, 0) is 24.3 Å². The second-order valence-electron chi connectivity index (χ2n) is 6.18. The van der Waals surface area contributed by atoms with E-state index in [2.05, 4.69) is 0 Å². The van der Waals surface area contributed by atoms with Gasteiger partial charge >= 0.3 is 6.18 Å². The summed E-state index contributed by atoms with van der Waals surface area (Å²) in [7, 11) is 2.95. The molecule has 0 amide bonds. The van der Waals surface area contributed by atoms with Crippen molar-refractivity contribution in [2.24, 2.45) is 0 Å². The van der Waals surface area contributed by atoms with Crippen molar-refractivity contribution in [3.63, 3.8) is 0 Å². The highest BCUT2D eigenvalue weighted by molar-refractivity contribution is 5.66. The van der Waals surface area contributed by atoms with Crippen LogP contribution in [0.4, 0.5) is 18.9 Å². The van der Waals surface area contributed by atoms with Crippen LogP contribution < -0.4 is 9.64 Å². The monoisotopic (exact) mass is 415 g/mol. The van der Waals surface area contributed by atoms with Crippen LogP contribution in [0.2, 0.25) is 0 Å². The number of ether oxygens (including phenoxy) is 3. The molecule has 2 aromatic rings.